The molecule has 0 unspecified atom stereocenters. The number of hydrogen-bond donors (Lipinski definition) is 1. The molecule has 2 aromatic carbocycles. The Balaban J connectivity index is 2.32. The summed E-state index contributed by atoms with van der Waals surface area (Å²) in [5.74, 6) is -0.528. The maximum atomic E-state index is 13.4. The van der Waals surface area contributed by atoms with Gasteiger partial charge in [0.25, 0.3) is 5.69 Å². The predicted molar refractivity (Wildman–Crippen MR) is 62.8 cm³/mol. The summed E-state index contributed by atoms with van der Waals surface area (Å²) in [4.78, 5) is 10.0. The third-order valence-corrected chi connectivity index (χ3v) is 2.21. The van der Waals surface area contributed by atoms with E-state index in [1.54, 1.807) is 24.3 Å². The van der Waals surface area contributed by atoms with Gasteiger partial charge in [-0.1, -0.05) is 18.2 Å². The lowest BCUT2D eigenvalue weighted by Gasteiger charge is -2.06. The van der Waals surface area contributed by atoms with Gasteiger partial charge in [-0.05, 0) is 18.2 Å². The Morgan fingerprint density at radius 3 is 2.47 bits per heavy atom. The molecule has 2 aromatic rings. The standard InChI is InChI=1S/C12H9FN2O2/c13-11-7-6-10(15(16)17)8-12(11)14-9-4-2-1-3-5-9/h1-8,14H. The fourth-order valence-corrected chi connectivity index (χ4v) is 1.40. The van der Waals surface area contributed by atoms with E-state index in [0.29, 0.717) is 5.69 Å². The number of nitrogens with one attached hydrogen (secondary N) is 1. The molecule has 0 aromatic heterocycles. The van der Waals surface area contributed by atoms with Crippen LogP contribution in [0, 0.1) is 15.9 Å². The largest absolute Gasteiger partial charge is 0.353 e. The number of non-ortho nitro benzene ring substituents is 1. The van der Waals surface area contributed by atoms with E-state index in [0.717, 1.165) is 12.1 Å². The highest BCUT2D eigenvalue weighted by atomic mass is 19.1. The molecule has 0 bridgehead atoms. The number of rotatable bonds is 3. The van der Waals surface area contributed by atoms with Gasteiger partial charge >= 0.3 is 0 Å². The molecule has 0 spiro atoms. The average molecular weight is 232 g/mol. The van der Waals surface area contributed by atoms with Gasteiger partial charge in [0.2, 0.25) is 0 Å². The first kappa shape index (κ1) is 11.1. The van der Waals surface area contributed by atoms with Crippen LogP contribution in [0.2, 0.25) is 0 Å². The molecule has 0 fully saturated rings. The number of nitrogens with zero attached hydrogens (tertiary/aromatic N) is 1. The van der Waals surface area contributed by atoms with Crippen LogP contribution in [0.1, 0.15) is 0 Å². The first-order chi connectivity index (χ1) is 8.16. The van der Waals surface area contributed by atoms with Crippen molar-refractivity contribution in [1.29, 1.82) is 0 Å². The molecule has 0 amide bonds. The molecule has 0 aliphatic rings. The van der Waals surface area contributed by atoms with Crippen LogP contribution in [0.3, 0.4) is 0 Å². The molecular weight excluding hydrogens is 223 g/mol. The SMILES string of the molecule is O=[N+]([O-])c1ccc(F)c(Nc2ccccc2)c1. The Morgan fingerprint density at radius 1 is 1.12 bits per heavy atom. The number of hydrogen-bond acceptors (Lipinski definition) is 3. The number of para-hydroxylation sites is 1. The highest BCUT2D eigenvalue weighted by molar-refractivity contribution is 5.62. The van der Waals surface area contributed by atoms with Crippen molar-refractivity contribution in [3.05, 3.63) is 64.5 Å². The minimum atomic E-state index is -0.560. The van der Waals surface area contributed by atoms with Crippen LogP contribution < -0.4 is 5.32 Å². The summed E-state index contributed by atoms with van der Waals surface area (Å²) in [7, 11) is 0. The van der Waals surface area contributed by atoms with Gasteiger partial charge in [0.15, 0.2) is 0 Å². The van der Waals surface area contributed by atoms with E-state index in [-0.39, 0.29) is 11.4 Å². The summed E-state index contributed by atoms with van der Waals surface area (Å²) < 4.78 is 13.4. The van der Waals surface area contributed by atoms with Crippen LogP contribution in [0.4, 0.5) is 21.5 Å². The lowest BCUT2D eigenvalue weighted by atomic mass is 10.2. The van der Waals surface area contributed by atoms with Gasteiger partial charge in [-0.2, -0.15) is 0 Å². The minimum Gasteiger partial charge on any atom is -0.353 e. The zero-order valence-electron chi connectivity index (χ0n) is 8.76. The maximum Gasteiger partial charge on any atom is 0.271 e. The Hall–Kier alpha value is -2.43. The summed E-state index contributed by atoms with van der Waals surface area (Å²) in [5.41, 5.74) is 0.613. The van der Waals surface area contributed by atoms with Crippen LogP contribution in [-0.4, -0.2) is 4.92 Å². The van der Waals surface area contributed by atoms with Crippen LogP contribution in [-0.2, 0) is 0 Å². The Kier molecular flexibility index (Phi) is 3.00. The van der Waals surface area contributed by atoms with E-state index in [1.165, 1.54) is 6.07 Å². The zero-order valence-corrected chi connectivity index (χ0v) is 8.76. The van der Waals surface area contributed by atoms with Gasteiger partial charge < -0.3 is 5.32 Å². The maximum absolute atomic E-state index is 13.4. The van der Waals surface area contributed by atoms with Crippen molar-refractivity contribution in [2.24, 2.45) is 0 Å². The van der Waals surface area contributed by atoms with E-state index in [2.05, 4.69) is 5.32 Å². The van der Waals surface area contributed by atoms with Gasteiger partial charge in [0.05, 0.1) is 10.6 Å². The molecule has 0 aliphatic carbocycles. The molecule has 0 atom stereocenters. The van der Waals surface area contributed by atoms with E-state index in [9.17, 15) is 14.5 Å². The van der Waals surface area contributed by atoms with Crippen LogP contribution >= 0.6 is 0 Å². The van der Waals surface area contributed by atoms with Crippen LogP contribution in [0.5, 0.6) is 0 Å². The summed E-state index contributed by atoms with van der Waals surface area (Å²) in [6.45, 7) is 0. The van der Waals surface area contributed by atoms with Crippen LogP contribution in [0.25, 0.3) is 0 Å². The zero-order chi connectivity index (χ0) is 12.3. The molecule has 0 saturated carbocycles. The Labute approximate surface area is 96.9 Å². The van der Waals surface area contributed by atoms with Gasteiger partial charge in [-0.15, -0.1) is 0 Å². The highest BCUT2D eigenvalue weighted by Crippen LogP contribution is 2.24. The third kappa shape index (κ3) is 2.57. The van der Waals surface area contributed by atoms with E-state index in [1.807, 2.05) is 6.07 Å². The number of benzene rings is 2. The van der Waals surface area contributed by atoms with Crippen molar-refractivity contribution in [1.82, 2.24) is 0 Å². The molecule has 2 rings (SSSR count). The first-order valence-electron chi connectivity index (χ1n) is 4.93. The Bertz CT molecular complexity index is 543. The third-order valence-electron chi connectivity index (χ3n) is 2.21. The normalized spacial score (nSPS) is 9.94. The van der Waals surface area contributed by atoms with Gasteiger partial charge in [-0.3, -0.25) is 10.1 Å². The molecule has 0 aliphatic heterocycles. The Morgan fingerprint density at radius 2 is 1.82 bits per heavy atom. The van der Waals surface area contributed by atoms with Crippen molar-refractivity contribution in [2.75, 3.05) is 5.32 Å². The van der Waals surface area contributed by atoms with Gasteiger partial charge in [-0.25, -0.2) is 4.39 Å². The fraction of sp³-hybridized carbons (Fsp3) is 0. The number of nitro benzene ring substituents is 1. The van der Waals surface area contributed by atoms with Crippen LogP contribution in [0.15, 0.2) is 48.5 Å². The molecule has 4 nitrogen and oxygen atoms in total. The fourth-order valence-electron chi connectivity index (χ4n) is 1.40. The van der Waals surface area contributed by atoms with E-state index < -0.39 is 10.7 Å². The highest BCUT2D eigenvalue weighted by Gasteiger charge is 2.10. The van der Waals surface area contributed by atoms with E-state index >= 15 is 0 Å². The molecule has 0 radical (unpaired) electrons. The summed E-state index contributed by atoms with van der Waals surface area (Å²) in [5, 5.41) is 13.4. The molecule has 1 N–H and O–H groups in total. The molecule has 17 heavy (non-hydrogen) atoms. The van der Waals surface area contributed by atoms with Gasteiger partial charge in [0, 0.05) is 17.8 Å². The van der Waals surface area contributed by atoms with Crippen molar-refractivity contribution >= 4 is 17.1 Å². The molecule has 86 valence electrons. The monoisotopic (exact) mass is 232 g/mol. The van der Waals surface area contributed by atoms with Crippen molar-refractivity contribution in [2.45, 2.75) is 0 Å². The molecular formula is C12H9FN2O2. The number of halogens is 1. The summed E-state index contributed by atoms with van der Waals surface area (Å²) in [6, 6.07) is 12.3. The minimum absolute atomic E-state index is 0.0883. The van der Waals surface area contributed by atoms with E-state index in [4.69, 9.17) is 0 Å². The van der Waals surface area contributed by atoms with Gasteiger partial charge in [0.1, 0.15) is 5.82 Å². The topological polar surface area (TPSA) is 55.2 Å². The quantitative estimate of drug-likeness (QED) is 0.651. The second-order valence-corrected chi connectivity index (χ2v) is 3.41. The van der Waals surface area contributed by atoms with Crippen molar-refractivity contribution in [3.63, 3.8) is 0 Å². The smallest absolute Gasteiger partial charge is 0.271 e. The molecule has 0 heterocycles. The van der Waals surface area contributed by atoms with Crippen molar-refractivity contribution in [3.8, 4) is 0 Å². The predicted octanol–water partition coefficient (Wildman–Crippen LogP) is 3.48. The average Bonchev–Trinajstić information content (AvgIpc) is 2.33. The number of anilines is 2. The second-order valence-electron chi connectivity index (χ2n) is 3.41. The summed E-state index contributed by atoms with van der Waals surface area (Å²) >= 11 is 0. The summed E-state index contributed by atoms with van der Waals surface area (Å²) in [6.07, 6.45) is 0. The lowest BCUT2D eigenvalue weighted by Crippen LogP contribution is -1.96. The lowest BCUT2D eigenvalue weighted by molar-refractivity contribution is -0.384. The molecule has 0 saturated heterocycles. The first-order valence-corrected chi connectivity index (χ1v) is 4.93. The number of nitro groups is 1. The molecule has 5 heteroatoms. The van der Waals surface area contributed by atoms with Crippen molar-refractivity contribution < 1.29 is 9.31 Å². The second kappa shape index (κ2) is 4.61.